The molecule has 0 aliphatic carbocycles. The molecule has 2 N–H and O–H groups in total. The Morgan fingerprint density at radius 3 is 2.33 bits per heavy atom. The van der Waals surface area contributed by atoms with Crippen LogP contribution in [0.4, 0.5) is 13.2 Å². The third kappa shape index (κ3) is 2.97. The molecule has 24 heavy (non-hydrogen) atoms. The van der Waals surface area contributed by atoms with Crippen molar-refractivity contribution in [3.05, 3.63) is 35.1 Å². The van der Waals surface area contributed by atoms with Gasteiger partial charge >= 0.3 is 7.60 Å². The van der Waals surface area contributed by atoms with Gasteiger partial charge in [0.15, 0.2) is 17.5 Å². The van der Waals surface area contributed by atoms with Gasteiger partial charge in [0.1, 0.15) is 5.66 Å². The lowest BCUT2D eigenvalue weighted by Crippen LogP contribution is -2.56. The van der Waals surface area contributed by atoms with E-state index >= 15 is 0 Å². The van der Waals surface area contributed by atoms with Crippen LogP contribution in [-0.2, 0) is 14.1 Å². The van der Waals surface area contributed by atoms with Crippen LogP contribution in [0.2, 0.25) is 0 Å². The van der Waals surface area contributed by atoms with Crippen molar-refractivity contribution in [3.63, 3.8) is 0 Å². The maximum absolute atomic E-state index is 13.5. The van der Waals surface area contributed by atoms with Gasteiger partial charge in [0.2, 0.25) is 5.91 Å². The predicted molar refractivity (Wildman–Crippen MR) is 75.6 cm³/mol. The molecule has 1 unspecified atom stereocenters. The highest BCUT2D eigenvalue weighted by atomic mass is 31.2. The van der Waals surface area contributed by atoms with Crippen LogP contribution in [0.5, 0.6) is 0 Å². The van der Waals surface area contributed by atoms with Crippen LogP contribution in [0.25, 0.3) is 0 Å². The van der Waals surface area contributed by atoms with Crippen LogP contribution in [0, 0.1) is 17.5 Å². The quantitative estimate of drug-likeness (QED) is 0.616. The van der Waals surface area contributed by atoms with Crippen molar-refractivity contribution in [1.82, 2.24) is 4.90 Å². The summed E-state index contributed by atoms with van der Waals surface area (Å²) in [4.78, 5) is 32.4. The van der Waals surface area contributed by atoms with E-state index in [1.54, 1.807) is 0 Å². The van der Waals surface area contributed by atoms with Crippen molar-refractivity contribution >= 4 is 13.5 Å². The molecule has 2 aliphatic heterocycles. The molecule has 0 spiro atoms. The number of carbonyl (C=O) groups is 1. The summed E-state index contributed by atoms with van der Waals surface area (Å²) in [6.45, 7) is 0.0723. The van der Waals surface area contributed by atoms with Gasteiger partial charge in [-0.05, 0) is 30.5 Å². The minimum Gasteiger partial charge on any atom is -0.377 e. The summed E-state index contributed by atoms with van der Waals surface area (Å²) in [7, 11) is -4.65. The van der Waals surface area contributed by atoms with Gasteiger partial charge in [-0.1, -0.05) is 0 Å². The summed E-state index contributed by atoms with van der Waals surface area (Å²) in [6.07, 6.45) is 0.302. The van der Waals surface area contributed by atoms with E-state index in [0.717, 1.165) is 12.1 Å². The van der Waals surface area contributed by atoms with Gasteiger partial charge in [0.25, 0.3) is 0 Å². The highest BCUT2D eigenvalue weighted by Crippen LogP contribution is 2.48. The lowest BCUT2D eigenvalue weighted by molar-refractivity contribution is -0.151. The molecule has 2 saturated heterocycles. The fourth-order valence-corrected chi connectivity index (χ4v) is 4.18. The minimum atomic E-state index is -4.65. The molecule has 1 aromatic carbocycles. The molecule has 3 atom stereocenters. The molecular weight excluding hydrogens is 350 g/mol. The number of benzene rings is 1. The molecule has 0 aromatic heterocycles. The molecule has 0 saturated carbocycles. The molecule has 3 rings (SSSR count). The van der Waals surface area contributed by atoms with Crippen molar-refractivity contribution < 1.29 is 37.1 Å². The van der Waals surface area contributed by atoms with E-state index in [9.17, 15) is 32.3 Å². The van der Waals surface area contributed by atoms with Gasteiger partial charge in [-0.3, -0.25) is 9.36 Å². The molecule has 1 amide bonds. The molecule has 2 heterocycles. The van der Waals surface area contributed by atoms with E-state index in [2.05, 4.69) is 0 Å². The van der Waals surface area contributed by atoms with E-state index in [0.29, 0.717) is 6.42 Å². The first kappa shape index (κ1) is 17.4. The van der Waals surface area contributed by atoms with E-state index in [1.807, 2.05) is 0 Å². The first-order valence-corrected chi connectivity index (χ1v) is 8.98. The van der Waals surface area contributed by atoms with Crippen molar-refractivity contribution in [3.8, 4) is 0 Å². The van der Waals surface area contributed by atoms with E-state index in [1.165, 1.54) is 4.90 Å². The van der Waals surface area contributed by atoms with Crippen molar-refractivity contribution in [2.24, 2.45) is 0 Å². The number of hydrogen-bond acceptors (Lipinski definition) is 3. The number of morpholine rings is 1. The second-order valence-electron chi connectivity index (χ2n) is 5.93. The second-order valence-corrected chi connectivity index (χ2v) is 7.73. The number of ether oxygens (including phenoxy) is 1. The number of nitrogens with zero attached hydrogens (tertiary/aromatic N) is 1. The lowest BCUT2D eigenvalue weighted by atomic mass is 9.94. The summed E-state index contributed by atoms with van der Waals surface area (Å²) in [5.41, 5.74) is -1.50. The van der Waals surface area contributed by atoms with E-state index < -0.39 is 48.7 Å². The summed E-state index contributed by atoms with van der Waals surface area (Å²) in [5, 5.41) is 0. The zero-order chi connectivity index (χ0) is 17.6. The molecule has 1 aromatic rings. The van der Waals surface area contributed by atoms with Crippen molar-refractivity contribution in [2.75, 3.05) is 13.2 Å². The molecule has 0 radical (unpaired) electrons. The number of rotatable bonds is 2. The van der Waals surface area contributed by atoms with Crippen LogP contribution >= 0.6 is 7.60 Å². The Kier molecular flexibility index (Phi) is 4.46. The highest BCUT2D eigenvalue weighted by molar-refractivity contribution is 7.53. The fourth-order valence-electron chi connectivity index (χ4n) is 3.27. The number of halogens is 3. The second kappa shape index (κ2) is 6.15. The molecule has 6 nitrogen and oxygen atoms in total. The normalized spacial score (nSPS) is 28.0. The fraction of sp³-hybridized carbons (Fsp3) is 0.500. The van der Waals surface area contributed by atoms with Crippen LogP contribution in [-0.4, -0.2) is 45.5 Å². The zero-order valence-corrected chi connectivity index (χ0v) is 13.3. The summed E-state index contributed by atoms with van der Waals surface area (Å²) < 4.78 is 57.0. The van der Waals surface area contributed by atoms with Crippen LogP contribution < -0.4 is 0 Å². The summed E-state index contributed by atoms with van der Waals surface area (Å²) >= 11 is 0. The Bertz CT molecular complexity index is 701. The Hall–Kier alpha value is -1.41. The van der Waals surface area contributed by atoms with Gasteiger partial charge in [-0.15, -0.1) is 0 Å². The van der Waals surface area contributed by atoms with Crippen LogP contribution in [0.15, 0.2) is 12.1 Å². The summed E-state index contributed by atoms with van der Waals surface area (Å²) in [5.74, 6) is -5.20. The molecular formula is C14H15F3NO5P. The average Bonchev–Trinajstić information content (AvgIpc) is 2.50. The summed E-state index contributed by atoms with van der Waals surface area (Å²) in [6, 6.07) is 0.150. The first-order chi connectivity index (χ1) is 11.2. The topological polar surface area (TPSA) is 87.1 Å². The molecule has 0 bridgehead atoms. The van der Waals surface area contributed by atoms with Crippen LogP contribution in [0.1, 0.15) is 24.4 Å². The Morgan fingerprint density at radius 2 is 1.75 bits per heavy atom. The van der Waals surface area contributed by atoms with E-state index in [4.69, 9.17) is 4.74 Å². The standard InChI is InChI=1S/C14H15F3NO5P/c15-9-3-7(4-10(16)13(9)17)11-6-23-5-8-1-2-12(24(20,21)22)14(19)18(8)11/h3-4,8,11-12H,1-2,5-6H2,(H2,20,21,22)/t8-,11-,12?/m0/s1. The van der Waals surface area contributed by atoms with Crippen molar-refractivity contribution in [1.29, 1.82) is 0 Å². The monoisotopic (exact) mass is 365 g/mol. The maximum Gasteiger partial charge on any atom is 0.337 e. The van der Waals surface area contributed by atoms with Gasteiger partial charge < -0.3 is 19.4 Å². The Labute approximate surface area is 135 Å². The third-order valence-electron chi connectivity index (χ3n) is 4.42. The highest BCUT2D eigenvalue weighted by Gasteiger charge is 2.48. The first-order valence-electron chi connectivity index (χ1n) is 7.29. The number of fused-ring (bicyclic) bond motifs is 1. The SMILES string of the molecule is O=C1C(P(=O)(O)O)CC[C@H]2COC[C@@H](c3cc(F)c(F)c(F)c3)N12. The van der Waals surface area contributed by atoms with Crippen molar-refractivity contribution in [2.45, 2.75) is 30.6 Å². The van der Waals surface area contributed by atoms with Gasteiger partial charge in [0, 0.05) is 0 Å². The Morgan fingerprint density at radius 1 is 1.12 bits per heavy atom. The average molecular weight is 365 g/mol. The Balaban J connectivity index is 1.99. The molecule has 132 valence electrons. The van der Waals surface area contributed by atoms with E-state index in [-0.39, 0.29) is 25.2 Å². The smallest absolute Gasteiger partial charge is 0.337 e. The largest absolute Gasteiger partial charge is 0.377 e. The van der Waals surface area contributed by atoms with Gasteiger partial charge in [-0.2, -0.15) is 0 Å². The third-order valence-corrected chi connectivity index (χ3v) is 5.72. The number of hydrogen-bond donors (Lipinski definition) is 2. The molecule has 10 heteroatoms. The van der Waals surface area contributed by atoms with Gasteiger partial charge in [-0.25, -0.2) is 13.2 Å². The maximum atomic E-state index is 13.5. The zero-order valence-electron chi connectivity index (χ0n) is 12.4. The van der Waals surface area contributed by atoms with Gasteiger partial charge in [0.05, 0.1) is 25.3 Å². The minimum absolute atomic E-state index is 0.00645. The number of amides is 1. The number of piperidine rings is 1. The number of carbonyl (C=O) groups excluding carboxylic acids is 1. The van der Waals surface area contributed by atoms with Crippen LogP contribution in [0.3, 0.4) is 0 Å². The molecule has 2 fully saturated rings. The predicted octanol–water partition coefficient (Wildman–Crippen LogP) is 1.71. The lowest BCUT2D eigenvalue weighted by Gasteiger charge is -2.46. The molecule has 2 aliphatic rings.